The molecule has 3 heteroatoms. The van der Waals surface area contributed by atoms with Crippen molar-refractivity contribution in [3.05, 3.63) is 0 Å². The normalized spacial score (nSPS) is 8.77. The van der Waals surface area contributed by atoms with Crippen LogP contribution in [0.1, 0.15) is 13.8 Å². The molecule has 0 aromatic rings. The molecule has 0 aliphatic heterocycles. The van der Waals surface area contributed by atoms with Crippen LogP contribution >= 0.6 is 0 Å². The van der Waals surface area contributed by atoms with E-state index >= 15 is 0 Å². The number of hydrogen-bond donors (Lipinski definition) is 0. The Hall–Kier alpha value is 1.81. The summed E-state index contributed by atoms with van der Waals surface area (Å²) in [6, 6.07) is 2.74. The van der Waals surface area contributed by atoms with Crippen molar-refractivity contribution in [2.45, 2.75) is 55.6 Å². The van der Waals surface area contributed by atoms with Crippen LogP contribution in [0.4, 0.5) is 0 Å². The molecule has 0 nitrogen and oxygen atoms in total. The van der Waals surface area contributed by atoms with Gasteiger partial charge in [0, 0.05) is 9.52 Å². The van der Waals surface area contributed by atoms with E-state index in [4.69, 9.17) is 0 Å². The average Bonchev–Trinajstić information content (AvgIpc) is 1.86. The van der Waals surface area contributed by atoms with Gasteiger partial charge < -0.3 is 0 Å². The van der Waals surface area contributed by atoms with E-state index in [1.165, 1.54) is 21.6 Å². The quantitative estimate of drug-likeness (QED) is 0.592. The Morgan fingerprint density at radius 3 is 0.846 bits per heavy atom. The first-order chi connectivity index (χ1) is 5.88. The van der Waals surface area contributed by atoms with Crippen molar-refractivity contribution in [1.29, 1.82) is 0 Å². The molecule has 0 saturated heterocycles. The fourth-order valence-corrected chi connectivity index (χ4v) is 0.750. The number of rotatable bonds is 2. The van der Waals surface area contributed by atoms with Gasteiger partial charge in [0.15, 0.2) is 0 Å². The van der Waals surface area contributed by atoms with Crippen molar-refractivity contribution in [1.82, 2.24) is 0 Å². The van der Waals surface area contributed by atoms with Crippen LogP contribution in [0.25, 0.3) is 0 Å². The second-order valence-corrected chi connectivity index (χ2v) is 23.0. The van der Waals surface area contributed by atoms with Crippen LogP contribution in [-0.2, 0) is 0 Å². The predicted molar refractivity (Wildman–Crippen MR) is 73.4 cm³/mol. The maximum atomic E-state index is 2.36. The van der Waals surface area contributed by atoms with Gasteiger partial charge >= 0.3 is 69.2 Å². The van der Waals surface area contributed by atoms with Gasteiger partial charge in [0.05, 0.1) is 0 Å². The van der Waals surface area contributed by atoms with Gasteiger partial charge in [0.1, 0.15) is 0 Å². The van der Waals surface area contributed by atoms with Crippen LogP contribution in [0.3, 0.4) is 0 Å². The Labute approximate surface area is 104 Å². The van der Waals surface area contributed by atoms with E-state index in [2.05, 4.69) is 43.5 Å². The van der Waals surface area contributed by atoms with E-state index in [9.17, 15) is 0 Å². The van der Waals surface area contributed by atoms with E-state index in [1.807, 2.05) is 0 Å². The summed E-state index contributed by atoms with van der Waals surface area (Å²) < 4.78 is 0. The van der Waals surface area contributed by atoms with Crippen molar-refractivity contribution >= 4 is 49.0 Å². The van der Waals surface area contributed by atoms with Crippen LogP contribution in [0, 0.1) is 0 Å². The van der Waals surface area contributed by atoms with E-state index in [-0.39, 0.29) is 0 Å². The van der Waals surface area contributed by atoms with Crippen LogP contribution < -0.4 is 0 Å². The standard InChI is InChI=1S/C4H10Si.6CH3.2Sn/c1-3-5-4-2;;;;;;;;/h3-4H2,1-2H3;6*1H3;;. The summed E-state index contributed by atoms with van der Waals surface area (Å²) >= 11 is -1.09. The summed E-state index contributed by atoms with van der Waals surface area (Å²) in [5.74, 6) is 0. The van der Waals surface area contributed by atoms with E-state index in [0.717, 1.165) is 0 Å². The maximum absolute atomic E-state index is 2.36. The van der Waals surface area contributed by atoms with Crippen molar-refractivity contribution in [2.24, 2.45) is 0 Å². The second-order valence-electron chi connectivity index (χ2n) is 3.96. The Bertz CT molecular complexity index is 52.4. The van der Waals surface area contributed by atoms with Crippen LogP contribution in [0.2, 0.25) is 41.7 Å². The molecular weight excluding hydrogens is 386 g/mol. The molecule has 0 heterocycles. The monoisotopic (exact) mass is 416 g/mol. The molecular formula is C10H28SiSn2. The summed E-state index contributed by atoms with van der Waals surface area (Å²) in [4.78, 5) is 14.2. The molecule has 0 bridgehead atoms. The van der Waals surface area contributed by atoms with Crippen molar-refractivity contribution in [3.8, 4) is 0 Å². The molecule has 0 rings (SSSR count). The van der Waals surface area contributed by atoms with Crippen LogP contribution in [0.5, 0.6) is 0 Å². The molecule has 0 aliphatic rings. The van der Waals surface area contributed by atoms with Crippen molar-refractivity contribution in [2.75, 3.05) is 0 Å². The molecule has 4 radical (unpaired) electrons. The average molecular weight is 414 g/mol. The third-order valence-electron chi connectivity index (χ3n) is 0.500. The van der Waals surface area contributed by atoms with Crippen molar-refractivity contribution < 1.29 is 0 Å². The molecule has 0 amide bonds. The van der Waals surface area contributed by atoms with Gasteiger partial charge in [-0.15, -0.1) is 0 Å². The molecule has 0 aliphatic carbocycles. The van der Waals surface area contributed by atoms with Gasteiger partial charge in [-0.3, -0.25) is 0 Å². The fourth-order valence-electron chi connectivity index (χ4n) is 0.250. The van der Waals surface area contributed by atoms with Gasteiger partial charge in [-0.05, 0) is 0 Å². The Kier molecular flexibility index (Phi) is 30.2. The summed E-state index contributed by atoms with van der Waals surface area (Å²) in [6.45, 7) is 4.45. The fraction of sp³-hybridized carbons (Fsp3) is 1.00. The summed E-state index contributed by atoms with van der Waals surface area (Å²) in [6.07, 6.45) is 0. The third kappa shape index (κ3) is 133. The zero-order valence-corrected chi connectivity index (χ0v) is 17.6. The van der Waals surface area contributed by atoms with Gasteiger partial charge in [-0.25, -0.2) is 0 Å². The number of hydrogen-bond acceptors (Lipinski definition) is 0. The predicted octanol–water partition coefficient (Wildman–Crippen LogP) is 4.31. The minimum absolute atomic E-state index is 0.543. The van der Waals surface area contributed by atoms with Crippen LogP contribution in [0.15, 0.2) is 0 Å². The SMILES string of the molecule is CC[Si]CC.[CH3][Sn]([CH3])[CH3].[CH3][Sn]([CH3])[CH3]. The summed E-state index contributed by atoms with van der Waals surface area (Å²) in [5, 5.41) is 0. The molecule has 0 N–H and O–H groups in total. The molecule has 0 atom stereocenters. The molecule has 0 unspecified atom stereocenters. The Morgan fingerprint density at radius 1 is 0.692 bits per heavy atom. The summed E-state index contributed by atoms with van der Waals surface area (Å²) in [5.41, 5.74) is 0. The van der Waals surface area contributed by atoms with Gasteiger partial charge in [-0.1, -0.05) is 25.9 Å². The van der Waals surface area contributed by atoms with Gasteiger partial charge in [-0.2, -0.15) is 0 Å². The van der Waals surface area contributed by atoms with E-state index in [0.29, 0.717) is 0 Å². The van der Waals surface area contributed by atoms with Gasteiger partial charge in [0.2, 0.25) is 0 Å². The van der Waals surface area contributed by atoms with E-state index in [1.54, 1.807) is 0 Å². The summed E-state index contributed by atoms with van der Waals surface area (Å²) in [7, 11) is 1.20. The Balaban J connectivity index is -0.000000117. The molecule has 0 fully saturated rings. The molecule has 0 aromatic carbocycles. The molecule has 0 saturated carbocycles. The zero-order valence-electron chi connectivity index (χ0n) is 10.9. The van der Waals surface area contributed by atoms with Crippen LogP contribution in [-0.4, -0.2) is 49.0 Å². The first-order valence-corrected chi connectivity index (χ1v) is 23.7. The molecule has 0 spiro atoms. The first-order valence-electron chi connectivity index (χ1n) is 5.12. The Morgan fingerprint density at radius 2 is 0.846 bits per heavy atom. The third-order valence-corrected chi connectivity index (χ3v) is 1.50. The topological polar surface area (TPSA) is 0 Å². The molecule has 80 valence electrons. The van der Waals surface area contributed by atoms with Gasteiger partial charge in [0.25, 0.3) is 0 Å². The zero-order chi connectivity index (χ0) is 11.3. The minimum atomic E-state index is -0.543. The molecule has 0 aromatic heterocycles. The first kappa shape index (κ1) is 20.3. The van der Waals surface area contributed by atoms with E-state index < -0.39 is 39.5 Å². The van der Waals surface area contributed by atoms with Crippen molar-refractivity contribution in [3.63, 3.8) is 0 Å². The second kappa shape index (κ2) is 19.4. The molecule has 13 heavy (non-hydrogen) atoms.